The van der Waals surface area contributed by atoms with Gasteiger partial charge in [0.25, 0.3) is 0 Å². The van der Waals surface area contributed by atoms with Crippen LogP contribution in [0.5, 0.6) is 17.2 Å². The van der Waals surface area contributed by atoms with Crippen LogP contribution in [0.15, 0.2) is 42.5 Å². The minimum Gasteiger partial charge on any atom is -0.490 e. The summed E-state index contributed by atoms with van der Waals surface area (Å²) in [6.07, 6.45) is 0.430. The molecule has 178 valence electrons. The number of carbonyl (C=O) groups excluding carboxylic acids is 2. The number of anilines is 1. The van der Waals surface area contributed by atoms with Crippen molar-refractivity contribution in [1.29, 1.82) is 0 Å². The van der Waals surface area contributed by atoms with E-state index >= 15 is 0 Å². The number of hydrogen-bond donors (Lipinski definition) is 2. The molecule has 1 unspecified atom stereocenters. The van der Waals surface area contributed by atoms with Gasteiger partial charge in [-0.2, -0.15) is 0 Å². The molecule has 0 spiro atoms. The van der Waals surface area contributed by atoms with Crippen molar-refractivity contribution in [3.63, 3.8) is 0 Å². The topological polar surface area (TPSA) is 89.1 Å². The summed E-state index contributed by atoms with van der Waals surface area (Å²) in [4.78, 5) is 26.7. The maximum Gasteiger partial charge on any atom is 0.319 e. The van der Waals surface area contributed by atoms with Gasteiger partial charge >= 0.3 is 6.03 Å². The molecule has 2 N–H and O–H groups in total. The molecule has 3 amide bonds. The molecular weight excluding hydrogens is 422 g/mol. The average molecular weight is 456 g/mol. The number of benzene rings is 2. The lowest BCUT2D eigenvalue weighted by Crippen LogP contribution is -2.34. The summed E-state index contributed by atoms with van der Waals surface area (Å²) >= 11 is 0. The summed E-state index contributed by atoms with van der Waals surface area (Å²) < 4.78 is 17.1. The SMILES string of the molecule is CCOc1cc(NC(=O)NCC2CC(=O)N(Cc3ccccc3)C2)cc(OCC)c1OCC. The summed E-state index contributed by atoms with van der Waals surface area (Å²) in [5, 5.41) is 5.71. The van der Waals surface area contributed by atoms with Gasteiger partial charge in [0.1, 0.15) is 0 Å². The molecule has 33 heavy (non-hydrogen) atoms. The number of nitrogens with one attached hydrogen (secondary N) is 2. The third kappa shape index (κ3) is 6.78. The lowest BCUT2D eigenvalue weighted by atomic mass is 10.1. The molecule has 2 aromatic carbocycles. The standard InChI is InChI=1S/C25H33N3O5/c1-4-31-21-13-20(14-22(32-5-2)24(21)33-6-3)27-25(30)26-15-19-12-23(29)28(17-19)16-18-10-8-7-9-11-18/h7-11,13-14,19H,4-6,12,15-17H2,1-3H3,(H2,26,27,30). The van der Waals surface area contributed by atoms with Crippen LogP contribution >= 0.6 is 0 Å². The maximum absolute atomic E-state index is 12.5. The number of rotatable bonds is 11. The fraction of sp³-hybridized carbons (Fsp3) is 0.440. The minimum atomic E-state index is -0.349. The van der Waals surface area contributed by atoms with Crippen LogP contribution in [0.2, 0.25) is 0 Å². The second-order valence-electron chi connectivity index (χ2n) is 7.77. The Balaban J connectivity index is 1.57. The number of ether oxygens (including phenoxy) is 3. The average Bonchev–Trinajstić information content (AvgIpc) is 3.15. The van der Waals surface area contributed by atoms with Crippen LogP contribution in [0.3, 0.4) is 0 Å². The molecule has 8 nitrogen and oxygen atoms in total. The predicted octanol–water partition coefficient (Wildman–Crippen LogP) is 4.05. The molecule has 8 heteroatoms. The van der Waals surface area contributed by atoms with Gasteiger partial charge in [-0.25, -0.2) is 4.79 Å². The van der Waals surface area contributed by atoms with E-state index < -0.39 is 0 Å². The number of urea groups is 1. The molecule has 1 aliphatic rings. The first kappa shape index (κ1) is 24.2. The fourth-order valence-electron chi connectivity index (χ4n) is 3.82. The number of carbonyl (C=O) groups is 2. The highest BCUT2D eigenvalue weighted by molar-refractivity contribution is 5.90. The minimum absolute atomic E-state index is 0.0743. The summed E-state index contributed by atoms with van der Waals surface area (Å²) in [7, 11) is 0. The molecule has 0 bridgehead atoms. The van der Waals surface area contributed by atoms with Crippen LogP contribution in [-0.4, -0.2) is 49.7 Å². The van der Waals surface area contributed by atoms with E-state index in [1.165, 1.54) is 0 Å². The maximum atomic E-state index is 12.5. The van der Waals surface area contributed by atoms with Gasteiger partial charge < -0.3 is 29.7 Å². The van der Waals surface area contributed by atoms with Gasteiger partial charge in [-0.15, -0.1) is 0 Å². The Bertz CT molecular complexity index is 908. The summed E-state index contributed by atoms with van der Waals surface area (Å²) in [6, 6.07) is 13.0. The van der Waals surface area contributed by atoms with E-state index in [1.807, 2.05) is 56.0 Å². The third-order valence-electron chi connectivity index (χ3n) is 5.23. The molecule has 3 rings (SSSR count). The third-order valence-corrected chi connectivity index (χ3v) is 5.23. The number of nitrogens with zero attached hydrogens (tertiary/aromatic N) is 1. The monoisotopic (exact) mass is 455 g/mol. The molecule has 2 aromatic rings. The zero-order valence-corrected chi connectivity index (χ0v) is 19.6. The lowest BCUT2D eigenvalue weighted by Gasteiger charge is -2.18. The Morgan fingerprint density at radius 2 is 1.64 bits per heavy atom. The van der Waals surface area contributed by atoms with E-state index in [0.717, 1.165) is 5.56 Å². The smallest absolute Gasteiger partial charge is 0.319 e. The normalized spacial score (nSPS) is 15.3. The number of likely N-dealkylation sites (tertiary alicyclic amines) is 1. The molecule has 0 aliphatic carbocycles. The lowest BCUT2D eigenvalue weighted by molar-refractivity contribution is -0.128. The fourth-order valence-corrected chi connectivity index (χ4v) is 3.82. The molecular formula is C25H33N3O5. The van der Waals surface area contributed by atoms with Crippen LogP contribution < -0.4 is 24.8 Å². The Morgan fingerprint density at radius 1 is 1.00 bits per heavy atom. The highest BCUT2D eigenvalue weighted by atomic mass is 16.5. The van der Waals surface area contributed by atoms with Gasteiger partial charge in [-0.1, -0.05) is 30.3 Å². The van der Waals surface area contributed by atoms with Gasteiger partial charge in [-0.3, -0.25) is 4.79 Å². The van der Waals surface area contributed by atoms with Crippen LogP contribution in [-0.2, 0) is 11.3 Å². The molecule has 1 aliphatic heterocycles. The van der Waals surface area contributed by atoms with Gasteiger partial charge in [0, 0.05) is 44.1 Å². The molecule has 1 saturated heterocycles. The quantitative estimate of drug-likeness (QED) is 0.534. The Labute approximate surface area is 195 Å². The van der Waals surface area contributed by atoms with Crippen molar-refractivity contribution in [3.8, 4) is 17.2 Å². The van der Waals surface area contributed by atoms with Gasteiger partial charge in [0.15, 0.2) is 11.5 Å². The zero-order chi connectivity index (χ0) is 23.6. The molecule has 0 radical (unpaired) electrons. The van der Waals surface area contributed by atoms with E-state index in [4.69, 9.17) is 14.2 Å². The van der Waals surface area contributed by atoms with Crippen molar-refractivity contribution < 1.29 is 23.8 Å². The Morgan fingerprint density at radius 3 is 2.24 bits per heavy atom. The second-order valence-corrected chi connectivity index (χ2v) is 7.77. The largest absolute Gasteiger partial charge is 0.490 e. The van der Waals surface area contributed by atoms with Gasteiger partial charge in [0.2, 0.25) is 11.7 Å². The highest BCUT2D eigenvalue weighted by Gasteiger charge is 2.29. The first-order valence-corrected chi connectivity index (χ1v) is 11.5. The van der Waals surface area contributed by atoms with E-state index in [-0.39, 0.29) is 17.9 Å². The summed E-state index contributed by atoms with van der Waals surface area (Å²) in [5.41, 5.74) is 1.64. The molecule has 0 saturated carbocycles. The zero-order valence-electron chi connectivity index (χ0n) is 19.6. The molecule has 1 heterocycles. The summed E-state index contributed by atoms with van der Waals surface area (Å²) in [6.45, 7) is 8.66. The van der Waals surface area contributed by atoms with Crippen molar-refractivity contribution >= 4 is 17.6 Å². The summed E-state index contributed by atoms with van der Waals surface area (Å²) in [5.74, 6) is 1.73. The number of amides is 3. The van der Waals surface area contributed by atoms with Crippen molar-refractivity contribution in [3.05, 3.63) is 48.0 Å². The predicted molar refractivity (Wildman–Crippen MR) is 127 cm³/mol. The van der Waals surface area contributed by atoms with Crippen LogP contribution in [0.4, 0.5) is 10.5 Å². The Kier molecular flexibility index (Phi) is 8.80. The Hall–Kier alpha value is -3.42. The first-order valence-electron chi connectivity index (χ1n) is 11.5. The first-order chi connectivity index (χ1) is 16.0. The van der Waals surface area contributed by atoms with Crippen molar-refractivity contribution in [2.75, 3.05) is 38.2 Å². The molecule has 1 atom stereocenters. The van der Waals surface area contributed by atoms with Gasteiger partial charge in [-0.05, 0) is 26.3 Å². The van der Waals surface area contributed by atoms with E-state index in [0.29, 0.717) is 68.8 Å². The van der Waals surface area contributed by atoms with Crippen LogP contribution in [0, 0.1) is 5.92 Å². The molecule has 1 fully saturated rings. The number of hydrogen-bond acceptors (Lipinski definition) is 5. The van der Waals surface area contributed by atoms with E-state index in [9.17, 15) is 9.59 Å². The van der Waals surface area contributed by atoms with E-state index in [1.54, 1.807) is 12.1 Å². The van der Waals surface area contributed by atoms with Crippen molar-refractivity contribution in [2.45, 2.75) is 33.7 Å². The van der Waals surface area contributed by atoms with Crippen LogP contribution in [0.1, 0.15) is 32.8 Å². The van der Waals surface area contributed by atoms with Crippen LogP contribution in [0.25, 0.3) is 0 Å². The molecule has 0 aromatic heterocycles. The van der Waals surface area contributed by atoms with Crippen molar-refractivity contribution in [2.24, 2.45) is 5.92 Å². The highest BCUT2D eigenvalue weighted by Crippen LogP contribution is 2.40. The second kappa shape index (κ2) is 12.0. The van der Waals surface area contributed by atoms with Gasteiger partial charge in [0.05, 0.1) is 25.5 Å². The van der Waals surface area contributed by atoms with Crippen molar-refractivity contribution in [1.82, 2.24) is 10.2 Å². The van der Waals surface area contributed by atoms with E-state index in [2.05, 4.69) is 10.6 Å².